The lowest BCUT2D eigenvalue weighted by atomic mass is 9.97. The van der Waals surface area contributed by atoms with Crippen LogP contribution < -0.4 is 21.3 Å². The van der Waals surface area contributed by atoms with Crippen LogP contribution in [0, 0.1) is 17.8 Å². The van der Waals surface area contributed by atoms with Crippen molar-refractivity contribution in [3.63, 3.8) is 0 Å². The van der Waals surface area contributed by atoms with E-state index in [-0.39, 0.29) is 62.7 Å². The fourth-order valence-corrected chi connectivity index (χ4v) is 13.3. The smallest absolute Gasteiger partial charge is 0.248 e. The zero-order chi connectivity index (χ0) is 76.8. The maximum atomic E-state index is 15.5. The van der Waals surface area contributed by atoms with Gasteiger partial charge in [-0.3, -0.25) is 57.5 Å². The molecule has 104 heavy (non-hydrogen) atoms. The van der Waals surface area contributed by atoms with Crippen molar-refractivity contribution in [1.29, 1.82) is 0 Å². The van der Waals surface area contributed by atoms with Crippen LogP contribution in [0.1, 0.15) is 123 Å². The lowest BCUT2D eigenvalue weighted by Gasteiger charge is -2.38. The van der Waals surface area contributed by atoms with Crippen LogP contribution in [0.25, 0.3) is 0 Å². The zero-order valence-corrected chi connectivity index (χ0v) is 63.5. The van der Waals surface area contributed by atoms with Crippen molar-refractivity contribution < 1.29 is 62.6 Å². The molecule has 0 aliphatic carbocycles. The minimum atomic E-state index is -1.76. The average Bonchev–Trinajstić information content (AvgIpc) is 0.819. The van der Waals surface area contributed by atoms with Crippen molar-refractivity contribution in [2.24, 2.45) is 17.8 Å². The summed E-state index contributed by atoms with van der Waals surface area (Å²) in [6.45, 7) is 14.1. The number of nitrogens with one attached hydrogen (secondary N) is 4. The highest BCUT2D eigenvalue weighted by Crippen LogP contribution is 2.24. The summed E-state index contributed by atoms with van der Waals surface area (Å²) >= 11 is 0. The largest absolute Gasteiger partial charge is 0.391 e. The molecule has 0 spiro atoms. The van der Waals surface area contributed by atoms with Crippen molar-refractivity contribution in [2.45, 2.75) is 193 Å². The van der Waals surface area contributed by atoms with Gasteiger partial charge in [0, 0.05) is 88.1 Å². The summed E-state index contributed by atoms with van der Waals surface area (Å²) in [6, 6.07) is 21.4. The summed E-state index contributed by atoms with van der Waals surface area (Å²) in [5.41, 5.74) is 2.46. The van der Waals surface area contributed by atoms with Gasteiger partial charge >= 0.3 is 0 Å². The van der Waals surface area contributed by atoms with Crippen LogP contribution in [0.15, 0.2) is 121 Å². The number of nitrogens with zero attached hydrogens (tertiary/aromatic N) is 8. The Morgan fingerprint density at radius 3 is 1.26 bits per heavy atom. The summed E-state index contributed by atoms with van der Waals surface area (Å²) in [7, 11) is 9.88. The molecule has 0 unspecified atom stereocenters. The first-order valence-electron chi connectivity index (χ1n) is 36.4. The molecule has 2 saturated heterocycles. The third-order valence-electron chi connectivity index (χ3n) is 19.8. The second kappa shape index (κ2) is 39.4. The molecule has 2 aliphatic rings. The second-order valence-electron chi connectivity index (χ2n) is 29.4. The molecular formula is C79H112N12O13. The number of likely N-dealkylation sites (N-methyl/N-ethyl adjacent to an activating group) is 7. The fraction of sp³-hybridized carbons (Fsp3) is 0.544. The molecule has 4 aromatic carbocycles. The van der Waals surface area contributed by atoms with Gasteiger partial charge in [0.1, 0.15) is 60.4 Å². The number of amides is 12. The van der Waals surface area contributed by atoms with E-state index in [0.717, 1.165) is 21.1 Å². The number of carbonyl (C=O) groups excluding carboxylic acids is 12. The molecule has 566 valence electrons. The summed E-state index contributed by atoms with van der Waals surface area (Å²) in [5, 5.41) is 22.9. The van der Waals surface area contributed by atoms with Crippen molar-refractivity contribution in [3.8, 4) is 0 Å². The van der Waals surface area contributed by atoms with E-state index in [9.17, 15) is 24.3 Å². The number of hydrogen-bond acceptors (Lipinski definition) is 13. The molecule has 5 N–H and O–H groups in total. The van der Waals surface area contributed by atoms with Crippen LogP contribution in [0.4, 0.5) is 0 Å². The Hall–Kier alpha value is -9.52. The number of aliphatic hydroxyl groups is 1. The van der Waals surface area contributed by atoms with Crippen LogP contribution in [0.3, 0.4) is 0 Å². The normalized spacial score (nSPS) is 24.4. The van der Waals surface area contributed by atoms with Crippen LogP contribution in [0.5, 0.6) is 0 Å². The van der Waals surface area contributed by atoms with Crippen molar-refractivity contribution in [3.05, 3.63) is 144 Å². The van der Waals surface area contributed by atoms with E-state index in [4.69, 9.17) is 0 Å². The highest BCUT2D eigenvalue weighted by atomic mass is 16.3. The number of carbonyl (C=O) groups is 12. The van der Waals surface area contributed by atoms with Gasteiger partial charge in [0.25, 0.3) is 0 Å². The van der Waals surface area contributed by atoms with Crippen molar-refractivity contribution in [2.75, 3.05) is 69.0 Å². The van der Waals surface area contributed by atoms with Gasteiger partial charge < -0.3 is 65.6 Å². The van der Waals surface area contributed by atoms with Gasteiger partial charge in [-0.15, -0.1) is 0 Å². The van der Waals surface area contributed by atoms with E-state index in [1.165, 1.54) is 82.8 Å². The number of aliphatic hydroxyl groups excluding tert-OH is 1. The number of hydrogen-bond donors (Lipinski definition) is 5. The van der Waals surface area contributed by atoms with Gasteiger partial charge in [0.05, 0.1) is 19.1 Å². The van der Waals surface area contributed by atoms with E-state index < -0.39 is 150 Å². The molecule has 12 amide bonds. The number of likely N-dealkylation sites (tertiary alicyclic amines) is 1. The first-order valence-corrected chi connectivity index (χ1v) is 36.4. The van der Waals surface area contributed by atoms with Crippen LogP contribution in [-0.2, 0) is 83.2 Å². The van der Waals surface area contributed by atoms with Gasteiger partial charge in [-0.25, -0.2) is 0 Å². The SMILES string of the molecule is CC(C)C[C@@H]1NC(=O)[C@H](Cc2ccccc2)N(C)C(=O)[C@H]([C@@H](C)O)NC(=O)[C@H](Cc2ccccc2)NC(=O)[C@H](Cc2ccccc2)N(C)C(=O)C[C@@H](C(=O)N2CCCCC2)NC(=O)[C@H](C)N(C)C(=O)[C@H](CC(C)C)N(C)C(=O)CN(C)C(=O)[C@H](CC(C)C)N(C)C(=O)[C@H](Cc2ccccc2)N(C)C1=O. The average molecular weight is 1440 g/mol. The summed E-state index contributed by atoms with van der Waals surface area (Å²) in [5.74, 6) is -9.36. The molecule has 0 aromatic heterocycles. The number of piperidine rings is 1. The van der Waals surface area contributed by atoms with Gasteiger partial charge in [-0.1, -0.05) is 163 Å². The lowest BCUT2D eigenvalue weighted by Crippen LogP contribution is -2.63. The molecule has 2 aliphatic heterocycles. The Morgan fingerprint density at radius 2 is 0.798 bits per heavy atom. The quantitative estimate of drug-likeness (QED) is 0.105. The minimum absolute atomic E-state index is 0.0329. The summed E-state index contributed by atoms with van der Waals surface area (Å²) in [4.78, 5) is 191. The van der Waals surface area contributed by atoms with Gasteiger partial charge in [0.15, 0.2) is 0 Å². The molecule has 2 fully saturated rings. The molecule has 0 bridgehead atoms. The molecule has 11 atom stereocenters. The molecule has 25 heteroatoms. The first kappa shape index (κ1) is 83.4. The fourth-order valence-electron chi connectivity index (χ4n) is 13.3. The van der Waals surface area contributed by atoms with Gasteiger partial charge in [-0.05, 0) is 92.4 Å². The molecule has 6 rings (SSSR count). The second-order valence-corrected chi connectivity index (χ2v) is 29.4. The Kier molecular flexibility index (Phi) is 31.6. The van der Waals surface area contributed by atoms with E-state index in [2.05, 4.69) is 21.3 Å². The minimum Gasteiger partial charge on any atom is -0.391 e. The maximum absolute atomic E-state index is 15.5. The van der Waals surface area contributed by atoms with E-state index in [0.29, 0.717) is 48.2 Å². The summed E-state index contributed by atoms with van der Waals surface area (Å²) in [6.07, 6.45) is -0.212. The highest BCUT2D eigenvalue weighted by Gasteiger charge is 2.44. The van der Waals surface area contributed by atoms with Crippen LogP contribution in [0.2, 0.25) is 0 Å². The zero-order valence-electron chi connectivity index (χ0n) is 63.5. The molecule has 25 nitrogen and oxygen atoms in total. The summed E-state index contributed by atoms with van der Waals surface area (Å²) < 4.78 is 0. The third-order valence-corrected chi connectivity index (χ3v) is 19.8. The Bertz CT molecular complexity index is 3560. The third kappa shape index (κ3) is 23.2. The maximum Gasteiger partial charge on any atom is 0.248 e. The van der Waals surface area contributed by atoms with Crippen molar-refractivity contribution in [1.82, 2.24) is 60.5 Å². The van der Waals surface area contributed by atoms with Gasteiger partial charge in [-0.2, -0.15) is 0 Å². The molecule has 0 radical (unpaired) electrons. The molecule has 4 aromatic rings. The molecule has 0 saturated carbocycles. The Balaban J connectivity index is 1.51. The number of benzene rings is 4. The first-order chi connectivity index (χ1) is 49.2. The Morgan fingerprint density at radius 1 is 0.404 bits per heavy atom. The molecular weight excluding hydrogens is 1320 g/mol. The molecule has 2 heterocycles. The standard InChI is InChI=1S/C79H112N12O13/c1-50(2)41-60-74(99)89(14)66(47-58-37-27-19-28-38-58)78(103)90(15)64(42-51(3)4)76(101)84(9)49-68(94)87(12)65(43-52(5)6)77(102)85(10)53(7)70(95)81-61(75(100)91-39-29-20-30-40-91)48-67(93)86(11)62(45-56-33-23-17-24-34-56)72(97)80-59(44-55-31-21-16-22-32-55)71(96)83-69(54(8)92)79(104)88(13)63(73(98)82-60)46-57-35-25-18-26-36-57/h16-19,21-28,31-38,50-54,59-66,69,92H,20,29-30,39-49H2,1-15H3,(H,80,97)(H,81,95)(H,82,98)(H,83,96)/t53-,54+,59-,60-,61-,62-,63-,64-,65-,66-,69-/m0/s1. The van der Waals surface area contributed by atoms with E-state index in [1.807, 2.05) is 41.5 Å². The number of rotatable bonds is 16. The highest BCUT2D eigenvalue weighted by molar-refractivity contribution is 6.00. The Labute approximate surface area is 614 Å². The monoisotopic (exact) mass is 1440 g/mol. The predicted octanol–water partition coefficient (Wildman–Crippen LogP) is 4.27. The lowest BCUT2D eigenvalue weighted by molar-refractivity contribution is -0.153. The van der Waals surface area contributed by atoms with Crippen LogP contribution >= 0.6 is 0 Å². The predicted molar refractivity (Wildman–Crippen MR) is 396 cm³/mol. The van der Waals surface area contributed by atoms with Crippen molar-refractivity contribution >= 4 is 70.9 Å². The van der Waals surface area contributed by atoms with Crippen LogP contribution in [-0.4, -0.2) is 251 Å². The van der Waals surface area contributed by atoms with E-state index in [1.54, 1.807) is 126 Å². The van der Waals surface area contributed by atoms with E-state index >= 15 is 38.4 Å². The topological polar surface area (TPSA) is 299 Å². The van der Waals surface area contributed by atoms with Gasteiger partial charge in [0.2, 0.25) is 70.9 Å².